The number of likely N-dealkylation sites (tertiary alicyclic amines) is 1. The molecule has 0 aliphatic carbocycles. The van der Waals surface area contributed by atoms with Crippen molar-refractivity contribution in [1.82, 2.24) is 4.90 Å². The van der Waals surface area contributed by atoms with Crippen LogP contribution in [0.4, 0.5) is 0 Å². The number of hydrogen-bond acceptors (Lipinski definition) is 4. The van der Waals surface area contributed by atoms with Crippen LogP contribution in [0, 0.1) is 6.92 Å². The fourth-order valence-corrected chi connectivity index (χ4v) is 3.73. The average Bonchev–Trinajstić information content (AvgIpc) is 3.06. The SMILES string of the molecule is Cc1ccc(CN2C(=O)CCC2CC(=O)OCCOc2ccc(C(C)(C)C)cc2)cc1. The second kappa shape index (κ2) is 9.99. The Morgan fingerprint density at radius 1 is 1.03 bits per heavy atom. The lowest BCUT2D eigenvalue weighted by atomic mass is 9.87. The van der Waals surface area contributed by atoms with E-state index in [2.05, 4.69) is 32.9 Å². The minimum atomic E-state index is -0.291. The lowest BCUT2D eigenvalue weighted by Crippen LogP contribution is -2.34. The summed E-state index contributed by atoms with van der Waals surface area (Å²) in [6.07, 6.45) is 1.39. The fraction of sp³-hybridized carbons (Fsp3) is 0.462. The van der Waals surface area contributed by atoms with Crippen LogP contribution in [-0.4, -0.2) is 36.0 Å². The van der Waals surface area contributed by atoms with Crippen molar-refractivity contribution in [3.63, 3.8) is 0 Å². The molecule has 0 bridgehead atoms. The number of carbonyl (C=O) groups is 2. The normalized spacial score (nSPS) is 16.5. The molecule has 2 aromatic carbocycles. The largest absolute Gasteiger partial charge is 0.490 e. The van der Waals surface area contributed by atoms with E-state index < -0.39 is 0 Å². The molecule has 2 aromatic rings. The van der Waals surface area contributed by atoms with E-state index in [1.807, 2.05) is 43.3 Å². The van der Waals surface area contributed by atoms with E-state index in [0.717, 1.165) is 11.3 Å². The topological polar surface area (TPSA) is 55.8 Å². The highest BCUT2D eigenvalue weighted by molar-refractivity contribution is 5.80. The maximum Gasteiger partial charge on any atom is 0.307 e. The quantitative estimate of drug-likeness (QED) is 0.452. The Labute approximate surface area is 185 Å². The summed E-state index contributed by atoms with van der Waals surface area (Å²) in [6.45, 7) is 9.57. The first kappa shape index (κ1) is 22.9. The number of amides is 1. The Balaban J connectivity index is 1.42. The van der Waals surface area contributed by atoms with Gasteiger partial charge in [-0.25, -0.2) is 0 Å². The van der Waals surface area contributed by atoms with Crippen molar-refractivity contribution in [1.29, 1.82) is 0 Å². The molecule has 0 saturated carbocycles. The van der Waals surface area contributed by atoms with E-state index in [-0.39, 0.29) is 36.4 Å². The van der Waals surface area contributed by atoms with Crippen LogP contribution in [0.3, 0.4) is 0 Å². The molecule has 0 spiro atoms. The molecule has 3 rings (SSSR count). The number of ether oxygens (including phenoxy) is 2. The van der Waals surface area contributed by atoms with Gasteiger partial charge < -0.3 is 14.4 Å². The van der Waals surface area contributed by atoms with E-state index >= 15 is 0 Å². The van der Waals surface area contributed by atoms with Gasteiger partial charge in [-0.2, -0.15) is 0 Å². The van der Waals surface area contributed by atoms with E-state index in [0.29, 0.717) is 26.0 Å². The third-order valence-corrected chi connectivity index (χ3v) is 5.66. The van der Waals surface area contributed by atoms with Gasteiger partial charge in [0.05, 0.1) is 6.42 Å². The molecule has 1 fully saturated rings. The Kier molecular flexibility index (Phi) is 7.37. The van der Waals surface area contributed by atoms with Gasteiger partial charge in [0.15, 0.2) is 0 Å². The molecule has 1 aliphatic heterocycles. The number of nitrogens with zero attached hydrogens (tertiary/aromatic N) is 1. The number of hydrogen-bond donors (Lipinski definition) is 0. The van der Waals surface area contributed by atoms with Gasteiger partial charge in [0.1, 0.15) is 19.0 Å². The van der Waals surface area contributed by atoms with E-state index in [1.54, 1.807) is 4.90 Å². The Morgan fingerprint density at radius 3 is 2.35 bits per heavy atom. The predicted molar refractivity (Wildman–Crippen MR) is 121 cm³/mol. The molecule has 1 amide bonds. The molecule has 0 radical (unpaired) electrons. The molecule has 0 aromatic heterocycles. The second-order valence-corrected chi connectivity index (χ2v) is 9.25. The van der Waals surface area contributed by atoms with Gasteiger partial charge >= 0.3 is 5.97 Å². The summed E-state index contributed by atoms with van der Waals surface area (Å²) < 4.78 is 11.0. The number of esters is 1. The first-order valence-electron chi connectivity index (χ1n) is 11.0. The summed E-state index contributed by atoms with van der Waals surface area (Å²) >= 11 is 0. The van der Waals surface area contributed by atoms with E-state index in [1.165, 1.54) is 11.1 Å². The summed E-state index contributed by atoms with van der Waals surface area (Å²) in [6, 6.07) is 16.0. The Bertz CT molecular complexity index is 881. The number of benzene rings is 2. The Hall–Kier alpha value is -2.82. The van der Waals surface area contributed by atoms with Gasteiger partial charge in [-0.1, -0.05) is 62.7 Å². The molecule has 1 saturated heterocycles. The van der Waals surface area contributed by atoms with Gasteiger partial charge in [0.2, 0.25) is 5.91 Å². The second-order valence-electron chi connectivity index (χ2n) is 9.25. The molecule has 31 heavy (non-hydrogen) atoms. The zero-order valence-corrected chi connectivity index (χ0v) is 19.0. The molecule has 1 unspecified atom stereocenters. The Morgan fingerprint density at radius 2 is 1.71 bits per heavy atom. The van der Waals surface area contributed by atoms with Crippen LogP contribution >= 0.6 is 0 Å². The van der Waals surface area contributed by atoms with Gasteiger partial charge in [0.25, 0.3) is 0 Å². The lowest BCUT2D eigenvalue weighted by Gasteiger charge is -2.24. The summed E-state index contributed by atoms with van der Waals surface area (Å²) in [7, 11) is 0. The minimum absolute atomic E-state index is 0.0976. The molecule has 5 heteroatoms. The molecular formula is C26H33NO4. The first-order chi connectivity index (χ1) is 14.7. The average molecular weight is 424 g/mol. The van der Waals surface area contributed by atoms with Crippen LogP contribution in [0.1, 0.15) is 56.7 Å². The van der Waals surface area contributed by atoms with Crippen LogP contribution in [-0.2, 0) is 26.3 Å². The van der Waals surface area contributed by atoms with Crippen molar-refractivity contribution in [2.75, 3.05) is 13.2 Å². The summed E-state index contributed by atoms with van der Waals surface area (Å²) in [5.74, 6) is 0.565. The minimum Gasteiger partial charge on any atom is -0.490 e. The molecule has 1 atom stereocenters. The van der Waals surface area contributed by atoms with Crippen molar-refractivity contribution in [3.8, 4) is 5.75 Å². The standard InChI is InChI=1S/C26H33NO4/c1-19-5-7-20(8-6-19)18-27-22(11-14-24(27)28)17-25(29)31-16-15-30-23-12-9-21(10-13-23)26(2,3)4/h5-10,12-13,22H,11,14-18H2,1-4H3. The van der Waals surface area contributed by atoms with Crippen LogP contribution in [0.25, 0.3) is 0 Å². The smallest absolute Gasteiger partial charge is 0.307 e. The molecule has 166 valence electrons. The molecule has 1 heterocycles. The van der Waals surface area contributed by atoms with Crippen LogP contribution in [0.5, 0.6) is 5.75 Å². The third kappa shape index (κ3) is 6.58. The molecular weight excluding hydrogens is 390 g/mol. The first-order valence-corrected chi connectivity index (χ1v) is 11.0. The molecule has 1 aliphatic rings. The summed E-state index contributed by atoms with van der Waals surface area (Å²) in [5, 5.41) is 0. The van der Waals surface area contributed by atoms with Gasteiger partial charge in [-0.3, -0.25) is 9.59 Å². The zero-order chi connectivity index (χ0) is 22.4. The van der Waals surface area contributed by atoms with Gasteiger partial charge in [0, 0.05) is 19.0 Å². The summed E-state index contributed by atoms with van der Waals surface area (Å²) in [4.78, 5) is 26.4. The molecule has 5 nitrogen and oxygen atoms in total. The number of aryl methyl sites for hydroxylation is 1. The third-order valence-electron chi connectivity index (χ3n) is 5.66. The van der Waals surface area contributed by atoms with Gasteiger partial charge in [-0.15, -0.1) is 0 Å². The number of rotatable bonds is 8. The lowest BCUT2D eigenvalue weighted by molar-refractivity contribution is -0.146. The highest BCUT2D eigenvalue weighted by Gasteiger charge is 2.32. The van der Waals surface area contributed by atoms with Crippen molar-refractivity contribution in [3.05, 3.63) is 65.2 Å². The van der Waals surface area contributed by atoms with Crippen molar-refractivity contribution in [2.24, 2.45) is 0 Å². The highest BCUT2D eigenvalue weighted by atomic mass is 16.6. The van der Waals surface area contributed by atoms with Crippen LogP contribution in [0.2, 0.25) is 0 Å². The van der Waals surface area contributed by atoms with E-state index in [9.17, 15) is 9.59 Å². The number of carbonyl (C=O) groups excluding carboxylic acids is 2. The van der Waals surface area contributed by atoms with Crippen molar-refractivity contribution in [2.45, 2.75) is 65.0 Å². The zero-order valence-electron chi connectivity index (χ0n) is 19.0. The van der Waals surface area contributed by atoms with Gasteiger partial charge in [-0.05, 0) is 42.0 Å². The van der Waals surface area contributed by atoms with Crippen LogP contribution in [0.15, 0.2) is 48.5 Å². The maximum atomic E-state index is 12.3. The summed E-state index contributed by atoms with van der Waals surface area (Å²) in [5.41, 5.74) is 3.60. The highest BCUT2D eigenvalue weighted by Crippen LogP contribution is 2.25. The van der Waals surface area contributed by atoms with Crippen LogP contribution < -0.4 is 4.74 Å². The monoisotopic (exact) mass is 423 g/mol. The van der Waals surface area contributed by atoms with Crippen molar-refractivity contribution >= 4 is 11.9 Å². The molecule has 0 N–H and O–H groups in total. The predicted octanol–water partition coefficient (Wildman–Crippen LogP) is 4.80. The fourth-order valence-electron chi connectivity index (χ4n) is 3.73. The van der Waals surface area contributed by atoms with Crippen molar-refractivity contribution < 1.29 is 19.1 Å². The maximum absolute atomic E-state index is 12.3. The van der Waals surface area contributed by atoms with E-state index in [4.69, 9.17) is 9.47 Å².